The number of ether oxygens (including phenoxy) is 1. The number of amides is 1. The van der Waals surface area contributed by atoms with Gasteiger partial charge in [-0.05, 0) is 20.8 Å². The molecule has 0 aliphatic rings. The van der Waals surface area contributed by atoms with Crippen molar-refractivity contribution < 1.29 is 14.3 Å². The van der Waals surface area contributed by atoms with Crippen LogP contribution in [0.2, 0.25) is 0 Å². The van der Waals surface area contributed by atoms with Crippen molar-refractivity contribution in [3.63, 3.8) is 0 Å². The van der Waals surface area contributed by atoms with Crippen molar-refractivity contribution >= 4 is 11.9 Å². The SMILES string of the molecule is CC(C)(C)OC(=O)C(N)CC(N)=O. The Balaban J connectivity index is 4.05. The van der Waals surface area contributed by atoms with Crippen molar-refractivity contribution in [2.45, 2.75) is 38.8 Å². The minimum atomic E-state index is -0.961. The lowest BCUT2D eigenvalue weighted by molar-refractivity contribution is -0.157. The number of esters is 1. The monoisotopic (exact) mass is 188 g/mol. The number of hydrogen-bond acceptors (Lipinski definition) is 4. The maximum atomic E-state index is 11.1. The standard InChI is InChI=1S/C8H16N2O3/c1-8(2,3)13-7(12)5(9)4-6(10)11/h5H,4,9H2,1-3H3,(H2,10,11). The van der Waals surface area contributed by atoms with Gasteiger partial charge in [0.15, 0.2) is 0 Å². The third-order valence-corrected chi connectivity index (χ3v) is 1.13. The third-order valence-electron chi connectivity index (χ3n) is 1.13. The first-order valence-electron chi connectivity index (χ1n) is 3.99. The van der Waals surface area contributed by atoms with E-state index in [-0.39, 0.29) is 6.42 Å². The van der Waals surface area contributed by atoms with Crippen molar-refractivity contribution in [2.75, 3.05) is 0 Å². The summed E-state index contributed by atoms with van der Waals surface area (Å²) in [4.78, 5) is 21.6. The van der Waals surface area contributed by atoms with E-state index in [0.717, 1.165) is 0 Å². The molecular formula is C8H16N2O3. The van der Waals surface area contributed by atoms with Gasteiger partial charge in [-0.1, -0.05) is 0 Å². The van der Waals surface area contributed by atoms with Crippen LogP contribution in [0.15, 0.2) is 0 Å². The summed E-state index contributed by atoms with van der Waals surface area (Å²) < 4.78 is 4.93. The molecule has 0 saturated carbocycles. The van der Waals surface area contributed by atoms with Gasteiger partial charge in [0.1, 0.15) is 11.6 Å². The van der Waals surface area contributed by atoms with Crippen LogP contribution >= 0.6 is 0 Å². The van der Waals surface area contributed by atoms with Gasteiger partial charge in [0.2, 0.25) is 5.91 Å². The fourth-order valence-electron chi connectivity index (χ4n) is 0.678. The van der Waals surface area contributed by atoms with Crippen LogP contribution in [0.4, 0.5) is 0 Å². The van der Waals surface area contributed by atoms with Gasteiger partial charge in [0.05, 0.1) is 6.42 Å². The molecule has 0 radical (unpaired) electrons. The minimum absolute atomic E-state index is 0.186. The Morgan fingerprint density at radius 1 is 1.38 bits per heavy atom. The molecule has 0 aliphatic heterocycles. The molecule has 1 unspecified atom stereocenters. The van der Waals surface area contributed by atoms with Crippen LogP contribution in [0, 0.1) is 0 Å². The summed E-state index contributed by atoms with van der Waals surface area (Å²) in [5.74, 6) is -1.22. The van der Waals surface area contributed by atoms with Crippen LogP contribution in [0.5, 0.6) is 0 Å². The lowest BCUT2D eigenvalue weighted by Gasteiger charge is -2.21. The molecule has 0 fully saturated rings. The molecule has 0 aromatic rings. The zero-order valence-corrected chi connectivity index (χ0v) is 8.16. The van der Waals surface area contributed by atoms with Gasteiger partial charge in [-0.15, -0.1) is 0 Å². The molecule has 5 nitrogen and oxygen atoms in total. The summed E-state index contributed by atoms with van der Waals surface area (Å²) in [5, 5.41) is 0. The molecule has 76 valence electrons. The average molecular weight is 188 g/mol. The largest absolute Gasteiger partial charge is 0.459 e. The van der Waals surface area contributed by atoms with E-state index in [1.807, 2.05) is 0 Å². The molecule has 13 heavy (non-hydrogen) atoms. The summed E-state index contributed by atoms with van der Waals surface area (Å²) in [6.45, 7) is 5.17. The fraction of sp³-hybridized carbons (Fsp3) is 0.750. The van der Waals surface area contributed by atoms with E-state index in [9.17, 15) is 9.59 Å². The van der Waals surface area contributed by atoms with Crippen LogP contribution in [0.25, 0.3) is 0 Å². The van der Waals surface area contributed by atoms with E-state index >= 15 is 0 Å². The van der Waals surface area contributed by atoms with E-state index in [1.165, 1.54) is 0 Å². The molecule has 5 heteroatoms. The minimum Gasteiger partial charge on any atom is -0.459 e. The quantitative estimate of drug-likeness (QED) is 0.585. The second-order valence-corrected chi connectivity index (χ2v) is 3.81. The van der Waals surface area contributed by atoms with Gasteiger partial charge in [-0.25, -0.2) is 0 Å². The van der Waals surface area contributed by atoms with E-state index in [1.54, 1.807) is 20.8 Å². The second kappa shape index (κ2) is 4.23. The number of nitrogens with two attached hydrogens (primary N) is 2. The van der Waals surface area contributed by atoms with E-state index < -0.39 is 23.5 Å². The summed E-state index contributed by atoms with van der Waals surface area (Å²) in [6, 6.07) is -0.961. The lowest BCUT2D eigenvalue weighted by atomic mass is 10.1. The highest BCUT2D eigenvalue weighted by Gasteiger charge is 2.23. The molecule has 4 N–H and O–H groups in total. The highest BCUT2D eigenvalue weighted by molar-refractivity contribution is 5.84. The Hall–Kier alpha value is -1.10. The highest BCUT2D eigenvalue weighted by Crippen LogP contribution is 2.08. The van der Waals surface area contributed by atoms with Crippen LogP contribution < -0.4 is 11.5 Å². The van der Waals surface area contributed by atoms with Crippen molar-refractivity contribution in [3.05, 3.63) is 0 Å². The Kier molecular flexibility index (Phi) is 3.87. The van der Waals surface area contributed by atoms with E-state index in [2.05, 4.69) is 0 Å². The first-order chi connectivity index (χ1) is 5.72. The molecule has 1 atom stereocenters. The number of hydrogen-bond donors (Lipinski definition) is 2. The molecule has 0 aromatic heterocycles. The van der Waals surface area contributed by atoms with Gasteiger partial charge in [-0.3, -0.25) is 9.59 Å². The predicted molar refractivity (Wildman–Crippen MR) is 47.6 cm³/mol. The Bertz CT molecular complexity index is 208. The number of carbonyl (C=O) groups is 2. The van der Waals surface area contributed by atoms with Gasteiger partial charge in [-0.2, -0.15) is 0 Å². The Labute approximate surface area is 77.4 Å². The first-order valence-corrected chi connectivity index (χ1v) is 3.99. The maximum Gasteiger partial charge on any atom is 0.323 e. The van der Waals surface area contributed by atoms with Crippen LogP contribution in [0.1, 0.15) is 27.2 Å². The number of rotatable bonds is 3. The Morgan fingerprint density at radius 3 is 2.15 bits per heavy atom. The molecule has 1 amide bonds. The van der Waals surface area contributed by atoms with Crippen molar-refractivity contribution in [2.24, 2.45) is 11.5 Å². The van der Waals surface area contributed by atoms with Crippen LogP contribution in [-0.4, -0.2) is 23.5 Å². The molecule has 0 saturated heterocycles. The summed E-state index contributed by atoms with van der Waals surface area (Å²) in [7, 11) is 0. The molecule has 0 aromatic carbocycles. The smallest absolute Gasteiger partial charge is 0.323 e. The van der Waals surface area contributed by atoms with Crippen molar-refractivity contribution in [1.29, 1.82) is 0 Å². The van der Waals surface area contributed by atoms with Gasteiger partial charge >= 0.3 is 5.97 Å². The topological polar surface area (TPSA) is 95.4 Å². The lowest BCUT2D eigenvalue weighted by Crippen LogP contribution is -2.40. The Morgan fingerprint density at radius 2 is 1.85 bits per heavy atom. The first kappa shape index (κ1) is 11.9. The molecule has 0 heterocycles. The highest BCUT2D eigenvalue weighted by atomic mass is 16.6. The molecule has 0 rings (SSSR count). The molecule has 0 bridgehead atoms. The van der Waals surface area contributed by atoms with E-state index in [4.69, 9.17) is 16.2 Å². The second-order valence-electron chi connectivity index (χ2n) is 3.81. The normalized spacial score (nSPS) is 13.5. The zero-order chi connectivity index (χ0) is 10.6. The van der Waals surface area contributed by atoms with Gasteiger partial charge in [0, 0.05) is 0 Å². The number of primary amides is 1. The summed E-state index contributed by atoms with van der Waals surface area (Å²) in [6.07, 6.45) is -0.186. The molecular weight excluding hydrogens is 172 g/mol. The molecule has 0 spiro atoms. The third kappa shape index (κ3) is 6.10. The van der Waals surface area contributed by atoms with Crippen LogP contribution in [-0.2, 0) is 14.3 Å². The van der Waals surface area contributed by atoms with Crippen molar-refractivity contribution in [3.8, 4) is 0 Å². The van der Waals surface area contributed by atoms with Gasteiger partial charge < -0.3 is 16.2 Å². The summed E-state index contributed by atoms with van der Waals surface area (Å²) >= 11 is 0. The fourth-order valence-corrected chi connectivity index (χ4v) is 0.678. The average Bonchev–Trinajstić information content (AvgIpc) is 1.81. The van der Waals surface area contributed by atoms with Crippen molar-refractivity contribution in [1.82, 2.24) is 0 Å². The van der Waals surface area contributed by atoms with Gasteiger partial charge in [0.25, 0.3) is 0 Å². The summed E-state index contributed by atoms with van der Waals surface area (Å²) in [5.41, 5.74) is 9.63. The zero-order valence-electron chi connectivity index (χ0n) is 8.16. The number of carbonyl (C=O) groups excluding carboxylic acids is 2. The maximum absolute atomic E-state index is 11.1. The van der Waals surface area contributed by atoms with E-state index in [0.29, 0.717) is 0 Å². The predicted octanol–water partition coefficient (Wildman–Crippen LogP) is -0.469. The molecule has 0 aliphatic carbocycles. The van der Waals surface area contributed by atoms with Crippen LogP contribution in [0.3, 0.4) is 0 Å².